The van der Waals surface area contributed by atoms with Crippen LogP contribution in [0.2, 0.25) is 0 Å². The predicted octanol–water partition coefficient (Wildman–Crippen LogP) is 2.37. The van der Waals surface area contributed by atoms with Gasteiger partial charge in [0.05, 0.1) is 0 Å². The third-order valence-electron chi connectivity index (χ3n) is 3.54. The zero-order valence-electron chi connectivity index (χ0n) is 12.8. The van der Waals surface area contributed by atoms with Gasteiger partial charge in [-0.2, -0.15) is 0 Å². The van der Waals surface area contributed by atoms with Gasteiger partial charge in [0.1, 0.15) is 17.5 Å². The van der Waals surface area contributed by atoms with Crippen LogP contribution >= 0.6 is 0 Å². The number of rotatable bonds is 8. The van der Waals surface area contributed by atoms with E-state index in [4.69, 9.17) is 0 Å². The molecule has 0 radical (unpaired) electrons. The average molecular weight is 277 g/mol. The Balaban J connectivity index is 1.90. The van der Waals surface area contributed by atoms with Gasteiger partial charge in [-0.25, -0.2) is 9.97 Å². The minimum atomic E-state index is 0.885. The Bertz CT molecular complexity index is 377. The molecule has 2 rings (SSSR count). The van der Waals surface area contributed by atoms with Crippen LogP contribution in [0, 0.1) is 0 Å². The van der Waals surface area contributed by atoms with E-state index in [0.717, 1.165) is 49.9 Å². The van der Waals surface area contributed by atoms with Crippen molar-refractivity contribution in [3.05, 3.63) is 11.9 Å². The van der Waals surface area contributed by atoms with Crippen molar-refractivity contribution >= 4 is 11.6 Å². The minimum absolute atomic E-state index is 0.885. The number of hydrogen-bond donors (Lipinski definition) is 2. The van der Waals surface area contributed by atoms with Crippen molar-refractivity contribution in [2.45, 2.75) is 39.5 Å². The van der Waals surface area contributed by atoms with Crippen LogP contribution in [0.25, 0.3) is 0 Å². The van der Waals surface area contributed by atoms with Crippen LogP contribution in [-0.2, 0) is 6.42 Å². The maximum atomic E-state index is 4.59. The number of likely N-dealkylation sites (tertiary alicyclic amines) is 1. The summed E-state index contributed by atoms with van der Waals surface area (Å²) in [6, 6.07) is 2.01. The Morgan fingerprint density at radius 1 is 1.10 bits per heavy atom. The van der Waals surface area contributed by atoms with Gasteiger partial charge in [-0.05, 0) is 39.3 Å². The minimum Gasteiger partial charge on any atom is -0.370 e. The maximum Gasteiger partial charge on any atom is 0.133 e. The van der Waals surface area contributed by atoms with Gasteiger partial charge >= 0.3 is 0 Å². The number of nitrogens with zero attached hydrogens (tertiary/aromatic N) is 3. The first kappa shape index (κ1) is 15.0. The second kappa shape index (κ2) is 8.04. The molecule has 0 aliphatic carbocycles. The normalized spacial score (nSPS) is 15.5. The molecule has 0 saturated carbocycles. The van der Waals surface area contributed by atoms with E-state index in [1.54, 1.807) is 0 Å². The van der Waals surface area contributed by atoms with Crippen LogP contribution in [0.15, 0.2) is 6.07 Å². The molecule has 1 aromatic heterocycles. The zero-order valence-corrected chi connectivity index (χ0v) is 12.8. The van der Waals surface area contributed by atoms with Crippen molar-refractivity contribution < 1.29 is 0 Å². The summed E-state index contributed by atoms with van der Waals surface area (Å²) < 4.78 is 0. The van der Waals surface area contributed by atoms with Crippen LogP contribution in [-0.4, -0.2) is 47.6 Å². The molecule has 0 spiro atoms. The smallest absolute Gasteiger partial charge is 0.133 e. The molecular weight excluding hydrogens is 250 g/mol. The molecule has 0 atom stereocenters. The summed E-state index contributed by atoms with van der Waals surface area (Å²) in [5.41, 5.74) is 0. The fourth-order valence-corrected chi connectivity index (χ4v) is 2.54. The van der Waals surface area contributed by atoms with Gasteiger partial charge in [0.25, 0.3) is 0 Å². The lowest BCUT2D eigenvalue weighted by molar-refractivity contribution is 0.352. The maximum absolute atomic E-state index is 4.59. The van der Waals surface area contributed by atoms with E-state index in [1.165, 1.54) is 25.9 Å². The topological polar surface area (TPSA) is 53.1 Å². The molecule has 5 nitrogen and oxygen atoms in total. The van der Waals surface area contributed by atoms with Gasteiger partial charge in [-0.3, -0.25) is 0 Å². The summed E-state index contributed by atoms with van der Waals surface area (Å²) >= 11 is 0. The van der Waals surface area contributed by atoms with Crippen molar-refractivity contribution in [3.63, 3.8) is 0 Å². The largest absolute Gasteiger partial charge is 0.370 e. The Morgan fingerprint density at radius 2 is 1.80 bits per heavy atom. The van der Waals surface area contributed by atoms with Crippen LogP contribution in [0.3, 0.4) is 0 Å². The quantitative estimate of drug-likeness (QED) is 0.764. The molecule has 1 aliphatic heterocycles. The number of hydrogen-bond acceptors (Lipinski definition) is 5. The molecule has 0 bridgehead atoms. The summed E-state index contributed by atoms with van der Waals surface area (Å²) in [5, 5.41) is 6.71. The molecule has 2 heterocycles. The lowest BCUT2D eigenvalue weighted by atomic mass is 10.3. The van der Waals surface area contributed by atoms with Gasteiger partial charge < -0.3 is 15.5 Å². The Hall–Kier alpha value is -1.36. The van der Waals surface area contributed by atoms with Gasteiger partial charge in [0, 0.05) is 32.1 Å². The summed E-state index contributed by atoms with van der Waals surface area (Å²) in [6.45, 7) is 9.67. The summed E-state index contributed by atoms with van der Waals surface area (Å²) in [6.07, 6.45) is 4.69. The highest BCUT2D eigenvalue weighted by Crippen LogP contribution is 2.13. The predicted molar refractivity (Wildman–Crippen MR) is 84.4 cm³/mol. The lowest BCUT2D eigenvalue weighted by Gasteiger charge is -2.15. The fraction of sp³-hybridized carbons (Fsp3) is 0.733. The highest BCUT2D eigenvalue weighted by Gasteiger charge is 2.10. The SMILES string of the molecule is CCCc1nc(NCC)cc(NCCN2CCCC2)n1. The summed E-state index contributed by atoms with van der Waals surface area (Å²) in [4.78, 5) is 11.6. The van der Waals surface area contributed by atoms with Crippen molar-refractivity contribution in [3.8, 4) is 0 Å². The van der Waals surface area contributed by atoms with Crippen molar-refractivity contribution in [2.24, 2.45) is 0 Å². The fourth-order valence-electron chi connectivity index (χ4n) is 2.54. The highest BCUT2D eigenvalue weighted by atomic mass is 15.2. The van der Waals surface area contributed by atoms with Gasteiger partial charge in [-0.15, -0.1) is 0 Å². The van der Waals surface area contributed by atoms with Crippen LogP contribution in [0.5, 0.6) is 0 Å². The van der Waals surface area contributed by atoms with Gasteiger partial charge in [0.15, 0.2) is 0 Å². The molecule has 20 heavy (non-hydrogen) atoms. The average Bonchev–Trinajstić information content (AvgIpc) is 2.92. The second-order valence-electron chi connectivity index (χ2n) is 5.31. The van der Waals surface area contributed by atoms with Gasteiger partial charge in [-0.1, -0.05) is 6.92 Å². The van der Waals surface area contributed by atoms with E-state index in [0.29, 0.717) is 0 Å². The number of aryl methyl sites for hydroxylation is 1. The van der Waals surface area contributed by atoms with Crippen molar-refractivity contribution in [1.82, 2.24) is 14.9 Å². The standard InChI is InChI=1S/C15H27N5/c1-3-7-13-18-14(16-4-2)12-15(19-13)17-8-11-20-9-5-6-10-20/h12H,3-11H2,1-2H3,(H2,16,17,18,19). The van der Waals surface area contributed by atoms with Crippen LogP contribution in [0.4, 0.5) is 11.6 Å². The third-order valence-corrected chi connectivity index (χ3v) is 3.54. The van der Waals surface area contributed by atoms with E-state index in [9.17, 15) is 0 Å². The number of aromatic nitrogens is 2. The lowest BCUT2D eigenvalue weighted by Crippen LogP contribution is -2.26. The molecule has 5 heteroatoms. The molecule has 1 saturated heterocycles. The number of nitrogens with one attached hydrogen (secondary N) is 2. The molecule has 1 aliphatic rings. The monoisotopic (exact) mass is 277 g/mol. The van der Waals surface area contributed by atoms with Crippen LogP contribution < -0.4 is 10.6 Å². The molecule has 0 amide bonds. The summed E-state index contributed by atoms with van der Waals surface area (Å²) in [5.74, 6) is 2.79. The molecular formula is C15H27N5. The Kier molecular flexibility index (Phi) is 6.05. The van der Waals surface area contributed by atoms with Gasteiger partial charge in [0.2, 0.25) is 0 Å². The van der Waals surface area contributed by atoms with E-state index in [2.05, 4.69) is 39.3 Å². The van der Waals surface area contributed by atoms with E-state index < -0.39 is 0 Å². The first-order chi connectivity index (χ1) is 9.81. The van der Waals surface area contributed by atoms with E-state index in [-0.39, 0.29) is 0 Å². The van der Waals surface area contributed by atoms with Crippen molar-refractivity contribution in [2.75, 3.05) is 43.4 Å². The Morgan fingerprint density at radius 3 is 2.45 bits per heavy atom. The summed E-state index contributed by atoms with van der Waals surface area (Å²) in [7, 11) is 0. The zero-order chi connectivity index (χ0) is 14.2. The number of anilines is 2. The van der Waals surface area contributed by atoms with E-state index >= 15 is 0 Å². The van der Waals surface area contributed by atoms with Crippen molar-refractivity contribution in [1.29, 1.82) is 0 Å². The molecule has 1 aromatic rings. The molecule has 0 unspecified atom stereocenters. The molecule has 1 fully saturated rings. The molecule has 112 valence electrons. The molecule has 2 N–H and O–H groups in total. The highest BCUT2D eigenvalue weighted by molar-refractivity contribution is 5.47. The molecule has 0 aromatic carbocycles. The second-order valence-corrected chi connectivity index (χ2v) is 5.31. The Labute approximate surface area is 122 Å². The van der Waals surface area contributed by atoms with E-state index in [1.807, 2.05) is 6.07 Å². The first-order valence-corrected chi connectivity index (χ1v) is 7.90. The first-order valence-electron chi connectivity index (χ1n) is 7.90. The van der Waals surface area contributed by atoms with Crippen LogP contribution in [0.1, 0.15) is 38.9 Å². The third kappa shape index (κ3) is 4.63.